The zero-order valence-electron chi connectivity index (χ0n) is 14.5. The average Bonchev–Trinajstić information content (AvgIpc) is 3.02. The van der Waals surface area contributed by atoms with E-state index in [1.165, 1.54) is 31.6 Å². The summed E-state index contributed by atoms with van der Waals surface area (Å²) in [5, 5.41) is 0.263. The maximum absolute atomic E-state index is 12.8. The molecule has 0 saturated carbocycles. The van der Waals surface area contributed by atoms with Crippen molar-refractivity contribution in [3.63, 3.8) is 0 Å². The van der Waals surface area contributed by atoms with Gasteiger partial charge in [-0.1, -0.05) is 11.3 Å². The summed E-state index contributed by atoms with van der Waals surface area (Å²) < 4.78 is 44.6. The number of fused-ring (bicyclic) bond motifs is 1. The van der Waals surface area contributed by atoms with E-state index < -0.39 is 10.0 Å². The van der Waals surface area contributed by atoms with Crippen LogP contribution < -0.4 is 18.9 Å². The number of rotatable bonds is 7. The first-order chi connectivity index (χ1) is 12.5. The summed E-state index contributed by atoms with van der Waals surface area (Å²) in [7, 11) is -1.02. The monoisotopic (exact) mass is 394 g/mol. The van der Waals surface area contributed by atoms with E-state index in [2.05, 4.69) is 9.71 Å². The zero-order chi connectivity index (χ0) is 18.7. The third-order valence-corrected chi connectivity index (χ3v) is 5.98. The van der Waals surface area contributed by atoms with Crippen molar-refractivity contribution in [2.45, 2.75) is 11.8 Å². The van der Waals surface area contributed by atoms with Gasteiger partial charge in [0, 0.05) is 6.07 Å². The van der Waals surface area contributed by atoms with Gasteiger partial charge in [-0.15, -0.1) is 0 Å². The molecule has 0 spiro atoms. The lowest BCUT2D eigenvalue weighted by atomic mass is 10.3. The molecule has 0 saturated heterocycles. The van der Waals surface area contributed by atoms with Crippen LogP contribution in [0.25, 0.3) is 10.2 Å². The number of nitrogens with one attached hydrogen (secondary N) is 1. The Balaban J connectivity index is 1.96. The van der Waals surface area contributed by atoms with E-state index in [1.807, 2.05) is 13.0 Å². The van der Waals surface area contributed by atoms with Gasteiger partial charge in [-0.05, 0) is 37.3 Å². The van der Waals surface area contributed by atoms with Gasteiger partial charge >= 0.3 is 0 Å². The van der Waals surface area contributed by atoms with Crippen LogP contribution in [0.5, 0.6) is 17.2 Å². The van der Waals surface area contributed by atoms with Crippen molar-refractivity contribution in [2.24, 2.45) is 0 Å². The quantitative estimate of drug-likeness (QED) is 0.660. The number of ether oxygens (including phenoxy) is 3. The molecule has 0 aliphatic carbocycles. The summed E-state index contributed by atoms with van der Waals surface area (Å²) >= 11 is 1.23. The highest BCUT2D eigenvalue weighted by Gasteiger charge is 2.22. The fourth-order valence-corrected chi connectivity index (χ4v) is 4.68. The van der Waals surface area contributed by atoms with Crippen molar-refractivity contribution in [3.05, 3.63) is 36.4 Å². The van der Waals surface area contributed by atoms with E-state index >= 15 is 0 Å². The van der Waals surface area contributed by atoms with E-state index in [-0.39, 0.29) is 15.8 Å². The second kappa shape index (κ2) is 7.38. The molecule has 138 valence electrons. The van der Waals surface area contributed by atoms with E-state index in [0.717, 1.165) is 4.70 Å². The van der Waals surface area contributed by atoms with Crippen LogP contribution in [0.3, 0.4) is 0 Å². The minimum Gasteiger partial charge on any atom is -0.497 e. The van der Waals surface area contributed by atoms with E-state index in [1.54, 1.807) is 24.3 Å². The van der Waals surface area contributed by atoms with Crippen molar-refractivity contribution >= 4 is 36.7 Å². The number of methoxy groups -OCH3 is 2. The molecule has 7 nitrogen and oxygen atoms in total. The van der Waals surface area contributed by atoms with E-state index in [4.69, 9.17) is 14.2 Å². The van der Waals surface area contributed by atoms with Crippen LogP contribution in [-0.4, -0.2) is 34.2 Å². The lowest BCUT2D eigenvalue weighted by Gasteiger charge is -2.11. The Morgan fingerprint density at radius 1 is 1.08 bits per heavy atom. The van der Waals surface area contributed by atoms with Gasteiger partial charge in [-0.25, -0.2) is 13.4 Å². The molecule has 0 aliphatic heterocycles. The largest absolute Gasteiger partial charge is 0.497 e. The number of benzene rings is 2. The fourth-order valence-electron chi connectivity index (χ4n) is 2.37. The minimum atomic E-state index is -3.90. The number of hydrogen-bond donors (Lipinski definition) is 1. The highest BCUT2D eigenvalue weighted by molar-refractivity contribution is 7.93. The summed E-state index contributed by atoms with van der Waals surface area (Å²) in [5.41, 5.74) is 0.689. The Hall–Kier alpha value is -2.52. The Kier molecular flexibility index (Phi) is 5.19. The third-order valence-electron chi connectivity index (χ3n) is 3.55. The normalized spacial score (nSPS) is 11.3. The summed E-state index contributed by atoms with van der Waals surface area (Å²) in [6.07, 6.45) is 0. The van der Waals surface area contributed by atoms with Crippen LogP contribution in [0.15, 0.2) is 41.3 Å². The van der Waals surface area contributed by atoms with Gasteiger partial charge in [0.25, 0.3) is 10.0 Å². The Morgan fingerprint density at radius 2 is 1.85 bits per heavy atom. The van der Waals surface area contributed by atoms with Gasteiger partial charge in [-0.3, -0.25) is 4.72 Å². The topological polar surface area (TPSA) is 86.8 Å². The second-order valence-electron chi connectivity index (χ2n) is 5.20. The molecule has 0 unspecified atom stereocenters. The van der Waals surface area contributed by atoms with Crippen LogP contribution in [-0.2, 0) is 10.0 Å². The molecular weight excluding hydrogens is 376 g/mol. The molecule has 3 rings (SSSR count). The van der Waals surface area contributed by atoms with Gasteiger partial charge in [0.15, 0.2) is 5.13 Å². The molecule has 3 aromatic rings. The Bertz CT molecular complexity index is 1030. The van der Waals surface area contributed by atoms with Crippen molar-refractivity contribution < 1.29 is 22.6 Å². The first kappa shape index (κ1) is 18.3. The summed E-state index contributed by atoms with van der Waals surface area (Å²) in [5.74, 6) is 1.35. The maximum atomic E-state index is 12.8. The average molecular weight is 394 g/mol. The van der Waals surface area contributed by atoms with Gasteiger partial charge in [0.2, 0.25) is 0 Å². The molecule has 9 heteroatoms. The molecule has 1 aromatic heterocycles. The van der Waals surface area contributed by atoms with Crippen molar-refractivity contribution in [3.8, 4) is 17.2 Å². The van der Waals surface area contributed by atoms with E-state index in [9.17, 15) is 8.42 Å². The molecular formula is C17H18N2O5S2. The summed E-state index contributed by atoms with van der Waals surface area (Å²) in [6, 6.07) is 10.0. The van der Waals surface area contributed by atoms with Crippen LogP contribution >= 0.6 is 11.3 Å². The number of anilines is 1. The van der Waals surface area contributed by atoms with Crippen LogP contribution in [0.2, 0.25) is 0 Å². The Morgan fingerprint density at radius 3 is 2.54 bits per heavy atom. The lowest BCUT2D eigenvalue weighted by molar-refractivity contribution is 0.341. The predicted molar refractivity (Wildman–Crippen MR) is 101 cm³/mol. The van der Waals surface area contributed by atoms with Gasteiger partial charge < -0.3 is 14.2 Å². The van der Waals surface area contributed by atoms with Crippen LogP contribution in [0.1, 0.15) is 6.92 Å². The predicted octanol–water partition coefficient (Wildman–Crippen LogP) is 3.51. The number of hydrogen-bond acceptors (Lipinski definition) is 7. The molecule has 0 amide bonds. The lowest BCUT2D eigenvalue weighted by Crippen LogP contribution is -2.14. The van der Waals surface area contributed by atoms with Crippen molar-refractivity contribution in [2.75, 3.05) is 25.5 Å². The summed E-state index contributed by atoms with van der Waals surface area (Å²) in [6.45, 7) is 2.46. The highest BCUT2D eigenvalue weighted by Crippen LogP contribution is 2.33. The molecule has 2 aromatic carbocycles. The zero-order valence-corrected chi connectivity index (χ0v) is 16.1. The van der Waals surface area contributed by atoms with Crippen LogP contribution in [0.4, 0.5) is 5.13 Å². The molecule has 26 heavy (non-hydrogen) atoms. The van der Waals surface area contributed by atoms with Crippen LogP contribution in [0, 0.1) is 0 Å². The van der Waals surface area contributed by atoms with Gasteiger partial charge in [-0.2, -0.15) is 0 Å². The number of nitrogens with zero attached hydrogens (tertiary/aromatic N) is 1. The van der Waals surface area contributed by atoms with Crippen molar-refractivity contribution in [1.29, 1.82) is 0 Å². The smallest absolute Gasteiger partial charge is 0.267 e. The molecule has 1 N–H and O–H groups in total. The molecule has 0 atom stereocenters. The standard InChI is InChI=1S/C17H18N2O5S2/c1-4-24-12-5-7-13-15(9-12)25-17(18-13)19-26(20,21)16-10-11(22-2)6-8-14(16)23-3/h5-10H,4H2,1-3H3,(H,18,19). The molecule has 0 aliphatic rings. The minimum absolute atomic E-state index is 0.0198. The van der Waals surface area contributed by atoms with Gasteiger partial charge in [0.1, 0.15) is 22.1 Å². The van der Waals surface area contributed by atoms with Gasteiger partial charge in [0.05, 0.1) is 31.0 Å². The first-order valence-corrected chi connectivity index (χ1v) is 10.0. The SMILES string of the molecule is CCOc1ccc2nc(NS(=O)(=O)c3cc(OC)ccc3OC)sc2c1. The van der Waals surface area contributed by atoms with Crippen molar-refractivity contribution in [1.82, 2.24) is 4.98 Å². The Labute approximate surface area is 155 Å². The third kappa shape index (κ3) is 3.68. The summed E-state index contributed by atoms with van der Waals surface area (Å²) in [4.78, 5) is 4.30. The molecule has 1 heterocycles. The first-order valence-electron chi connectivity index (χ1n) is 7.75. The molecule has 0 fully saturated rings. The van der Waals surface area contributed by atoms with E-state index in [0.29, 0.717) is 23.6 Å². The highest BCUT2D eigenvalue weighted by atomic mass is 32.2. The number of thiazole rings is 1. The molecule has 0 radical (unpaired) electrons. The second-order valence-corrected chi connectivity index (χ2v) is 7.89. The fraction of sp³-hybridized carbons (Fsp3) is 0.235. The number of aromatic nitrogens is 1. The number of sulfonamides is 1. The maximum Gasteiger partial charge on any atom is 0.267 e. The molecule has 0 bridgehead atoms.